The molecule has 3 nitrogen and oxygen atoms in total. The summed E-state index contributed by atoms with van der Waals surface area (Å²) in [5.74, 6) is 2.39. The minimum Gasteiger partial charge on any atom is -0.384 e. The van der Waals surface area contributed by atoms with Gasteiger partial charge in [-0.05, 0) is 50.0 Å². The minimum absolute atomic E-state index is 0.286. The van der Waals surface area contributed by atoms with E-state index < -0.39 is 0 Å². The normalized spacial score (nSPS) is 42.3. The zero-order valence-electron chi connectivity index (χ0n) is 12.3. The Balaban J connectivity index is 2.00. The summed E-state index contributed by atoms with van der Waals surface area (Å²) >= 11 is 0. The van der Waals surface area contributed by atoms with Crippen molar-refractivity contribution in [3.05, 3.63) is 0 Å². The van der Waals surface area contributed by atoms with Crippen LogP contribution < -0.4 is 5.73 Å². The Morgan fingerprint density at radius 1 is 1.28 bits per heavy atom. The van der Waals surface area contributed by atoms with E-state index in [9.17, 15) is 0 Å². The molecule has 2 fully saturated rings. The lowest BCUT2D eigenvalue weighted by molar-refractivity contribution is 0.0325. The first kappa shape index (κ1) is 14.3. The van der Waals surface area contributed by atoms with Gasteiger partial charge in [0.1, 0.15) is 0 Å². The maximum Gasteiger partial charge on any atom is 0.0503 e. The van der Waals surface area contributed by atoms with Crippen LogP contribution in [-0.4, -0.2) is 43.8 Å². The number of hydrogen-bond donors (Lipinski definition) is 1. The van der Waals surface area contributed by atoms with Gasteiger partial charge in [-0.15, -0.1) is 0 Å². The third-order valence-electron chi connectivity index (χ3n) is 5.48. The standard InChI is InChI=1S/C15H30N2O/c1-12-4-6-15(11-16,8-13(12)2)17-7-5-14(9-17)10-18-3/h12-14H,4-11,16H2,1-3H3. The molecule has 0 aromatic carbocycles. The molecule has 4 atom stereocenters. The van der Waals surface area contributed by atoms with Crippen molar-refractivity contribution in [1.82, 2.24) is 4.90 Å². The number of nitrogens with two attached hydrogens (primary N) is 1. The summed E-state index contributed by atoms with van der Waals surface area (Å²) in [6, 6.07) is 0. The number of nitrogens with zero attached hydrogens (tertiary/aromatic N) is 1. The van der Waals surface area contributed by atoms with E-state index in [4.69, 9.17) is 10.5 Å². The Labute approximate surface area is 112 Å². The third kappa shape index (κ3) is 2.73. The molecule has 1 aliphatic heterocycles. The summed E-state index contributed by atoms with van der Waals surface area (Å²) in [6.07, 6.45) is 5.18. The minimum atomic E-state index is 0.286. The molecule has 2 rings (SSSR count). The van der Waals surface area contributed by atoms with Crippen LogP contribution in [0.3, 0.4) is 0 Å². The Morgan fingerprint density at radius 3 is 2.67 bits per heavy atom. The lowest BCUT2D eigenvalue weighted by atomic mass is 9.70. The van der Waals surface area contributed by atoms with Crippen molar-refractivity contribution >= 4 is 0 Å². The predicted molar refractivity (Wildman–Crippen MR) is 75.5 cm³/mol. The van der Waals surface area contributed by atoms with Gasteiger partial charge in [-0.3, -0.25) is 4.90 Å². The highest BCUT2D eigenvalue weighted by atomic mass is 16.5. The maximum atomic E-state index is 6.17. The largest absolute Gasteiger partial charge is 0.384 e. The topological polar surface area (TPSA) is 38.5 Å². The Kier molecular flexibility index (Phi) is 4.68. The van der Waals surface area contributed by atoms with Gasteiger partial charge in [0.05, 0.1) is 6.61 Å². The van der Waals surface area contributed by atoms with Crippen LogP contribution >= 0.6 is 0 Å². The molecule has 1 heterocycles. The van der Waals surface area contributed by atoms with Crippen molar-refractivity contribution in [2.75, 3.05) is 33.4 Å². The van der Waals surface area contributed by atoms with Crippen LogP contribution in [0.1, 0.15) is 39.5 Å². The second-order valence-corrected chi connectivity index (χ2v) is 6.68. The summed E-state index contributed by atoms with van der Waals surface area (Å²) < 4.78 is 5.31. The van der Waals surface area contributed by atoms with Crippen molar-refractivity contribution in [1.29, 1.82) is 0 Å². The Morgan fingerprint density at radius 2 is 2.06 bits per heavy atom. The average Bonchev–Trinajstić information content (AvgIpc) is 2.83. The van der Waals surface area contributed by atoms with Gasteiger partial charge in [-0.1, -0.05) is 13.8 Å². The fraction of sp³-hybridized carbons (Fsp3) is 1.00. The molecule has 1 saturated heterocycles. The average molecular weight is 254 g/mol. The molecule has 0 aromatic rings. The molecule has 0 bridgehead atoms. The summed E-state index contributed by atoms with van der Waals surface area (Å²) in [7, 11) is 1.81. The molecule has 1 aliphatic carbocycles. The zero-order valence-corrected chi connectivity index (χ0v) is 12.3. The summed E-state index contributed by atoms with van der Waals surface area (Å²) in [6.45, 7) is 8.92. The molecule has 106 valence electrons. The van der Waals surface area contributed by atoms with Crippen molar-refractivity contribution in [3.63, 3.8) is 0 Å². The first-order chi connectivity index (χ1) is 8.61. The lowest BCUT2D eigenvalue weighted by Gasteiger charge is -2.48. The van der Waals surface area contributed by atoms with E-state index in [0.717, 1.165) is 25.0 Å². The van der Waals surface area contributed by atoms with Crippen LogP contribution in [0.25, 0.3) is 0 Å². The quantitative estimate of drug-likeness (QED) is 0.835. The smallest absolute Gasteiger partial charge is 0.0503 e. The molecule has 0 aromatic heterocycles. The van der Waals surface area contributed by atoms with Gasteiger partial charge < -0.3 is 10.5 Å². The van der Waals surface area contributed by atoms with Gasteiger partial charge in [0, 0.05) is 25.7 Å². The van der Waals surface area contributed by atoms with E-state index in [-0.39, 0.29) is 5.54 Å². The van der Waals surface area contributed by atoms with Gasteiger partial charge in [-0.2, -0.15) is 0 Å². The van der Waals surface area contributed by atoms with E-state index >= 15 is 0 Å². The highest BCUT2D eigenvalue weighted by Crippen LogP contribution is 2.41. The van der Waals surface area contributed by atoms with Gasteiger partial charge in [0.25, 0.3) is 0 Å². The summed E-state index contributed by atoms with van der Waals surface area (Å²) in [4.78, 5) is 2.68. The van der Waals surface area contributed by atoms with Crippen LogP contribution in [0.5, 0.6) is 0 Å². The van der Waals surface area contributed by atoms with E-state index in [1.54, 1.807) is 0 Å². The second kappa shape index (κ2) is 5.89. The Bertz CT molecular complexity index is 271. The first-order valence-electron chi connectivity index (χ1n) is 7.55. The highest BCUT2D eigenvalue weighted by Gasteiger charge is 2.43. The van der Waals surface area contributed by atoms with Gasteiger partial charge in [0.2, 0.25) is 0 Å². The number of ether oxygens (including phenoxy) is 1. The van der Waals surface area contributed by atoms with E-state index in [2.05, 4.69) is 18.7 Å². The SMILES string of the molecule is COCC1CCN(C2(CN)CCC(C)C(C)C2)C1. The Hall–Kier alpha value is -0.120. The highest BCUT2D eigenvalue weighted by molar-refractivity contribution is 4.99. The molecular formula is C15H30N2O. The van der Waals surface area contributed by atoms with E-state index in [1.807, 2.05) is 7.11 Å². The first-order valence-corrected chi connectivity index (χ1v) is 7.55. The van der Waals surface area contributed by atoms with Crippen LogP contribution in [0.15, 0.2) is 0 Å². The van der Waals surface area contributed by atoms with Crippen LogP contribution in [-0.2, 0) is 4.74 Å². The summed E-state index contributed by atoms with van der Waals surface area (Å²) in [5.41, 5.74) is 6.46. The molecule has 0 radical (unpaired) electrons. The van der Waals surface area contributed by atoms with Gasteiger partial charge in [0.15, 0.2) is 0 Å². The third-order valence-corrected chi connectivity index (χ3v) is 5.48. The molecule has 2 aliphatic rings. The number of likely N-dealkylation sites (tertiary alicyclic amines) is 1. The monoisotopic (exact) mass is 254 g/mol. The van der Waals surface area contributed by atoms with Gasteiger partial charge in [-0.25, -0.2) is 0 Å². The maximum absolute atomic E-state index is 6.17. The molecule has 0 amide bonds. The number of hydrogen-bond acceptors (Lipinski definition) is 3. The fourth-order valence-electron chi connectivity index (χ4n) is 3.92. The summed E-state index contributed by atoms with van der Waals surface area (Å²) in [5, 5.41) is 0. The van der Waals surface area contributed by atoms with Crippen LogP contribution in [0.2, 0.25) is 0 Å². The van der Waals surface area contributed by atoms with E-state index in [0.29, 0.717) is 5.92 Å². The van der Waals surface area contributed by atoms with Crippen LogP contribution in [0, 0.1) is 17.8 Å². The fourth-order valence-corrected chi connectivity index (χ4v) is 3.92. The van der Waals surface area contributed by atoms with Crippen molar-refractivity contribution in [3.8, 4) is 0 Å². The van der Waals surface area contributed by atoms with Gasteiger partial charge >= 0.3 is 0 Å². The predicted octanol–water partition coefficient (Wildman–Crippen LogP) is 2.11. The molecular weight excluding hydrogens is 224 g/mol. The van der Waals surface area contributed by atoms with E-state index in [1.165, 1.54) is 38.8 Å². The molecule has 3 heteroatoms. The van der Waals surface area contributed by atoms with Crippen molar-refractivity contribution < 1.29 is 4.74 Å². The van der Waals surface area contributed by atoms with Crippen molar-refractivity contribution in [2.24, 2.45) is 23.5 Å². The number of methoxy groups -OCH3 is 1. The van der Waals surface area contributed by atoms with Crippen molar-refractivity contribution in [2.45, 2.75) is 45.1 Å². The molecule has 1 saturated carbocycles. The zero-order chi connectivity index (χ0) is 13.2. The van der Waals surface area contributed by atoms with Crippen LogP contribution in [0.4, 0.5) is 0 Å². The lowest BCUT2D eigenvalue weighted by Crippen LogP contribution is -2.56. The second-order valence-electron chi connectivity index (χ2n) is 6.68. The molecule has 2 N–H and O–H groups in total. The molecule has 0 spiro atoms. The number of rotatable bonds is 4. The molecule has 4 unspecified atom stereocenters. The molecule has 18 heavy (non-hydrogen) atoms.